The molecule has 9 heteroatoms. The molecule has 0 bridgehead atoms. The fourth-order valence-corrected chi connectivity index (χ4v) is 0.715. The average Bonchev–Trinajstić information content (AvgIpc) is 2.36. The number of aliphatic hydroxyl groups excluding tert-OH is 1. The Bertz CT molecular complexity index is 247. The molecule has 7 nitrogen and oxygen atoms in total. The Kier molecular flexibility index (Phi) is 10.3. The van der Waals surface area contributed by atoms with Crippen LogP contribution >= 0.6 is 0 Å². The number of nitrogens with zero attached hydrogens (tertiary/aromatic N) is 2. The average molecular weight is 236 g/mol. The molecule has 0 aromatic heterocycles. The van der Waals surface area contributed by atoms with Gasteiger partial charge in [0.15, 0.2) is 0 Å². The molecule has 0 saturated carbocycles. The molecular formula is C5H13N2NaO5S. The molecule has 3 N–H and O–H groups in total. The number of hydrogen-bond acceptors (Lipinski definition) is 5. The standard InChI is InChI=1S/C5H10N2O.Na.H2O4S.H/c8-4-3-7-2-1-6-5-7;;1-5(2,3)4;/h5,8H,1-4H2;;(H2,1,2,3,4);. The molecular weight excluding hydrogens is 223 g/mol. The van der Waals surface area contributed by atoms with Crippen molar-refractivity contribution in [3.63, 3.8) is 0 Å². The van der Waals surface area contributed by atoms with E-state index in [0.29, 0.717) is 0 Å². The minimum atomic E-state index is -4.67. The van der Waals surface area contributed by atoms with Crippen LogP contribution < -0.4 is 0 Å². The zero-order valence-corrected chi connectivity index (χ0v) is 7.68. The minimum absolute atomic E-state index is 0. The van der Waals surface area contributed by atoms with Crippen molar-refractivity contribution >= 4 is 46.3 Å². The Labute approximate surface area is 105 Å². The van der Waals surface area contributed by atoms with Gasteiger partial charge in [-0.3, -0.25) is 14.1 Å². The third kappa shape index (κ3) is 14.8. The van der Waals surface area contributed by atoms with Crippen molar-refractivity contribution in [3.05, 3.63) is 0 Å². The van der Waals surface area contributed by atoms with Gasteiger partial charge in [-0.05, 0) is 0 Å². The summed E-state index contributed by atoms with van der Waals surface area (Å²) in [6.45, 7) is 2.82. The van der Waals surface area contributed by atoms with Crippen molar-refractivity contribution < 1.29 is 22.6 Å². The number of hydrogen-bond donors (Lipinski definition) is 3. The van der Waals surface area contributed by atoms with Crippen LogP contribution in [0.5, 0.6) is 0 Å². The quantitative estimate of drug-likeness (QED) is 0.378. The van der Waals surface area contributed by atoms with Crippen LogP contribution in [0.15, 0.2) is 4.99 Å². The summed E-state index contributed by atoms with van der Waals surface area (Å²) in [6, 6.07) is 0. The molecule has 1 aliphatic heterocycles. The Morgan fingerprint density at radius 1 is 1.43 bits per heavy atom. The van der Waals surface area contributed by atoms with E-state index in [2.05, 4.69) is 4.99 Å². The molecule has 0 radical (unpaired) electrons. The summed E-state index contributed by atoms with van der Waals surface area (Å²) in [7, 11) is -4.67. The van der Waals surface area contributed by atoms with Gasteiger partial charge in [-0.25, -0.2) is 0 Å². The van der Waals surface area contributed by atoms with Crippen LogP contribution in [-0.2, 0) is 10.4 Å². The molecule has 1 aliphatic rings. The zero-order chi connectivity index (χ0) is 10.3. The summed E-state index contributed by atoms with van der Waals surface area (Å²) >= 11 is 0. The third-order valence-electron chi connectivity index (χ3n) is 1.15. The second kappa shape index (κ2) is 8.60. The van der Waals surface area contributed by atoms with Crippen molar-refractivity contribution in [2.75, 3.05) is 26.2 Å². The van der Waals surface area contributed by atoms with Gasteiger partial charge in [0.05, 0.1) is 19.5 Å². The first kappa shape index (κ1) is 16.7. The van der Waals surface area contributed by atoms with Gasteiger partial charge in [0.25, 0.3) is 0 Å². The SMILES string of the molecule is O=S(=O)(O)O.OCCN1C=NCC1.[NaH]. The van der Waals surface area contributed by atoms with Crippen LogP contribution in [0.1, 0.15) is 0 Å². The first-order chi connectivity index (χ1) is 5.93. The molecule has 0 aromatic rings. The van der Waals surface area contributed by atoms with E-state index in [0.717, 1.165) is 19.6 Å². The van der Waals surface area contributed by atoms with E-state index in [1.165, 1.54) is 0 Å². The third-order valence-corrected chi connectivity index (χ3v) is 1.15. The number of aliphatic imine (C=N–C) groups is 1. The topological polar surface area (TPSA) is 110 Å². The fourth-order valence-electron chi connectivity index (χ4n) is 0.715. The second-order valence-electron chi connectivity index (χ2n) is 2.23. The summed E-state index contributed by atoms with van der Waals surface area (Å²) in [5.74, 6) is 0. The van der Waals surface area contributed by atoms with Gasteiger partial charge in [0.1, 0.15) is 0 Å². The predicted octanol–water partition coefficient (Wildman–Crippen LogP) is -1.98. The van der Waals surface area contributed by atoms with Crippen LogP contribution in [0.4, 0.5) is 0 Å². The maximum atomic E-state index is 8.74. The maximum absolute atomic E-state index is 8.74. The molecule has 0 unspecified atom stereocenters. The normalized spacial score (nSPS) is 14.4. The number of rotatable bonds is 2. The van der Waals surface area contributed by atoms with E-state index in [1.807, 2.05) is 4.90 Å². The first-order valence-electron chi connectivity index (χ1n) is 3.48. The van der Waals surface area contributed by atoms with E-state index in [-0.39, 0.29) is 36.2 Å². The Morgan fingerprint density at radius 2 is 1.93 bits per heavy atom. The van der Waals surface area contributed by atoms with E-state index in [4.69, 9.17) is 22.6 Å². The predicted molar refractivity (Wildman–Crippen MR) is 53.3 cm³/mol. The molecule has 0 aromatic carbocycles. The van der Waals surface area contributed by atoms with Gasteiger partial charge >= 0.3 is 40.0 Å². The van der Waals surface area contributed by atoms with Crippen LogP contribution in [0, 0.1) is 0 Å². The van der Waals surface area contributed by atoms with Gasteiger partial charge in [-0.1, -0.05) is 0 Å². The van der Waals surface area contributed by atoms with Crippen molar-refractivity contribution in [2.24, 2.45) is 4.99 Å². The summed E-state index contributed by atoms with van der Waals surface area (Å²) in [4.78, 5) is 5.97. The van der Waals surface area contributed by atoms with E-state index >= 15 is 0 Å². The number of aliphatic hydroxyl groups is 1. The molecule has 0 amide bonds. The molecule has 0 spiro atoms. The Morgan fingerprint density at radius 3 is 2.21 bits per heavy atom. The summed E-state index contributed by atoms with van der Waals surface area (Å²) in [5, 5.41) is 8.42. The van der Waals surface area contributed by atoms with Crippen LogP contribution in [0.2, 0.25) is 0 Å². The van der Waals surface area contributed by atoms with Gasteiger partial charge in [0, 0.05) is 13.1 Å². The molecule has 0 fully saturated rings. The Hall–Kier alpha value is 0.300. The van der Waals surface area contributed by atoms with Gasteiger partial charge < -0.3 is 10.0 Å². The first-order valence-corrected chi connectivity index (χ1v) is 4.88. The van der Waals surface area contributed by atoms with Gasteiger partial charge in [-0.2, -0.15) is 8.42 Å². The fraction of sp³-hybridized carbons (Fsp3) is 0.800. The zero-order valence-electron chi connectivity index (χ0n) is 6.87. The second-order valence-corrected chi connectivity index (χ2v) is 3.12. The van der Waals surface area contributed by atoms with Crippen molar-refractivity contribution in [2.45, 2.75) is 0 Å². The molecule has 0 atom stereocenters. The number of β-amino-alcohol motifs (C(OH)–C–C–N with tert-alkyl or cyclic N) is 1. The van der Waals surface area contributed by atoms with E-state index in [1.54, 1.807) is 6.34 Å². The molecule has 14 heavy (non-hydrogen) atoms. The van der Waals surface area contributed by atoms with Crippen LogP contribution in [0.25, 0.3) is 0 Å². The molecule has 0 saturated heterocycles. The summed E-state index contributed by atoms with van der Waals surface area (Å²) in [5.41, 5.74) is 0. The van der Waals surface area contributed by atoms with Crippen molar-refractivity contribution in [1.82, 2.24) is 4.90 Å². The summed E-state index contributed by atoms with van der Waals surface area (Å²) in [6.07, 6.45) is 1.79. The molecule has 0 aliphatic carbocycles. The van der Waals surface area contributed by atoms with Crippen LogP contribution in [0.3, 0.4) is 0 Å². The van der Waals surface area contributed by atoms with E-state index < -0.39 is 10.4 Å². The molecule has 80 valence electrons. The monoisotopic (exact) mass is 236 g/mol. The Balaban J connectivity index is 0. The molecule has 1 rings (SSSR count). The van der Waals surface area contributed by atoms with Crippen molar-refractivity contribution in [1.29, 1.82) is 0 Å². The van der Waals surface area contributed by atoms with Crippen molar-refractivity contribution in [3.8, 4) is 0 Å². The van der Waals surface area contributed by atoms with E-state index in [9.17, 15) is 0 Å². The van der Waals surface area contributed by atoms with Crippen LogP contribution in [-0.4, -0.2) is 89.7 Å². The van der Waals surface area contributed by atoms with Gasteiger partial charge in [0.2, 0.25) is 0 Å². The van der Waals surface area contributed by atoms with Gasteiger partial charge in [-0.15, -0.1) is 0 Å². The molecule has 1 heterocycles. The summed E-state index contributed by atoms with van der Waals surface area (Å²) < 4.78 is 31.6.